The number of pyridine rings is 1. The van der Waals surface area contributed by atoms with Gasteiger partial charge in [-0.3, -0.25) is 9.78 Å². The summed E-state index contributed by atoms with van der Waals surface area (Å²) in [4.78, 5) is 23.4. The van der Waals surface area contributed by atoms with Crippen molar-refractivity contribution >= 4 is 38.1 Å². The Morgan fingerprint density at radius 3 is 2.45 bits per heavy atom. The first kappa shape index (κ1) is 28.0. The molecular formula is C25H30F2N6O3S2. The molecule has 0 saturated carbocycles. The number of nitrogen functional groups attached to an aromatic ring is 1. The highest BCUT2D eigenvalue weighted by Gasteiger charge is 2.36. The summed E-state index contributed by atoms with van der Waals surface area (Å²) in [5.41, 5.74) is 6.01. The smallest absolute Gasteiger partial charge is 0.267 e. The molecule has 13 heteroatoms. The van der Waals surface area contributed by atoms with Crippen LogP contribution >= 0.6 is 11.3 Å². The number of thiazole rings is 1. The highest BCUT2D eigenvalue weighted by Crippen LogP contribution is 2.36. The molecule has 1 aliphatic heterocycles. The third-order valence-corrected chi connectivity index (χ3v) is 9.27. The van der Waals surface area contributed by atoms with Crippen molar-refractivity contribution in [2.45, 2.75) is 36.6 Å². The van der Waals surface area contributed by atoms with E-state index in [2.05, 4.69) is 20.2 Å². The summed E-state index contributed by atoms with van der Waals surface area (Å²) in [5.74, 6) is -3.36. The van der Waals surface area contributed by atoms with E-state index >= 15 is 0 Å². The minimum atomic E-state index is -4.15. The van der Waals surface area contributed by atoms with Gasteiger partial charge in [-0.25, -0.2) is 26.5 Å². The molecule has 3 heterocycles. The summed E-state index contributed by atoms with van der Waals surface area (Å²) in [7, 11) is -0.183. The van der Waals surface area contributed by atoms with Gasteiger partial charge in [0, 0.05) is 11.9 Å². The van der Waals surface area contributed by atoms with Crippen LogP contribution in [0.5, 0.6) is 0 Å². The lowest BCUT2D eigenvalue weighted by Crippen LogP contribution is -2.46. The van der Waals surface area contributed by atoms with E-state index in [-0.39, 0.29) is 20.7 Å². The number of anilines is 2. The average molecular weight is 565 g/mol. The fourth-order valence-corrected chi connectivity index (χ4v) is 7.12. The number of rotatable bonds is 10. The molecule has 1 aliphatic rings. The molecule has 3 N–H and O–H groups in total. The van der Waals surface area contributed by atoms with Crippen molar-refractivity contribution in [3.8, 4) is 0 Å². The summed E-state index contributed by atoms with van der Waals surface area (Å²) < 4.78 is 57.6. The highest BCUT2D eigenvalue weighted by atomic mass is 32.2. The number of hydrogen-bond donors (Lipinski definition) is 2. The Bertz CT molecular complexity index is 1370. The van der Waals surface area contributed by atoms with E-state index in [1.54, 1.807) is 6.07 Å². The number of aryl methyl sites for hydroxylation is 1. The Hall–Kier alpha value is -3.00. The Morgan fingerprint density at radius 1 is 1.16 bits per heavy atom. The van der Waals surface area contributed by atoms with Gasteiger partial charge in [-0.1, -0.05) is 17.4 Å². The monoisotopic (exact) mass is 564 g/mol. The molecule has 38 heavy (non-hydrogen) atoms. The molecule has 1 saturated heterocycles. The van der Waals surface area contributed by atoms with Crippen LogP contribution in [0.3, 0.4) is 0 Å². The minimum Gasteiger partial charge on any atom is -0.382 e. The standard InChI is InChI=1S/C25H30F2N6O3S2/c1-32(2)14-4-5-16-8-9-18(15-30-16)38(35,36)33(17-10-12-29-13-11-17)25-31-24(28)23(37-25)22(34)21-19(26)6-3-7-20(21)27/h3,6-9,15,17,29H,4-5,10-14,28H2,1-2H3. The van der Waals surface area contributed by atoms with Gasteiger partial charge in [0.15, 0.2) is 0 Å². The number of ketones is 1. The second-order valence-electron chi connectivity index (χ2n) is 9.31. The van der Waals surface area contributed by atoms with Crippen molar-refractivity contribution in [2.24, 2.45) is 0 Å². The normalized spacial score (nSPS) is 14.7. The zero-order valence-corrected chi connectivity index (χ0v) is 22.8. The van der Waals surface area contributed by atoms with Gasteiger partial charge in [-0.05, 0) is 83.7 Å². The van der Waals surface area contributed by atoms with Crippen molar-refractivity contribution in [1.29, 1.82) is 0 Å². The first-order valence-corrected chi connectivity index (χ1v) is 14.4. The molecule has 0 amide bonds. The van der Waals surface area contributed by atoms with E-state index in [4.69, 9.17) is 5.73 Å². The van der Waals surface area contributed by atoms with E-state index in [9.17, 15) is 22.0 Å². The van der Waals surface area contributed by atoms with Gasteiger partial charge in [0.1, 0.15) is 27.2 Å². The zero-order chi connectivity index (χ0) is 27.4. The zero-order valence-electron chi connectivity index (χ0n) is 21.2. The molecule has 1 aromatic carbocycles. The number of nitrogens with two attached hydrogens (primary N) is 1. The Morgan fingerprint density at radius 2 is 1.84 bits per heavy atom. The third kappa shape index (κ3) is 6.01. The van der Waals surface area contributed by atoms with E-state index in [1.807, 2.05) is 14.1 Å². The number of hydrogen-bond acceptors (Lipinski definition) is 9. The van der Waals surface area contributed by atoms with Gasteiger partial charge in [-0.2, -0.15) is 0 Å². The van der Waals surface area contributed by atoms with Crippen molar-refractivity contribution in [3.05, 3.63) is 64.3 Å². The average Bonchev–Trinajstić information content (AvgIpc) is 3.25. The van der Waals surface area contributed by atoms with Crippen LogP contribution in [0.4, 0.5) is 19.7 Å². The third-order valence-electron chi connectivity index (χ3n) is 6.26. The highest BCUT2D eigenvalue weighted by molar-refractivity contribution is 7.93. The van der Waals surface area contributed by atoms with Crippen LogP contribution in [-0.2, 0) is 16.4 Å². The van der Waals surface area contributed by atoms with Crippen molar-refractivity contribution in [1.82, 2.24) is 20.2 Å². The minimum absolute atomic E-state index is 0.0193. The Balaban J connectivity index is 1.69. The second kappa shape index (κ2) is 11.8. The summed E-state index contributed by atoms with van der Waals surface area (Å²) in [5, 5.41) is 3.16. The fourth-order valence-electron chi connectivity index (χ4n) is 4.30. The van der Waals surface area contributed by atoms with Gasteiger partial charge < -0.3 is 16.0 Å². The predicted molar refractivity (Wildman–Crippen MR) is 143 cm³/mol. The van der Waals surface area contributed by atoms with E-state index < -0.39 is 39.0 Å². The van der Waals surface area contributed by atoms with Gasteiger partial charge in [0.2, 0.25) is 10.9 Å². The summed E-state index contributed by atoms with van der Waals surface area (Å²) >= 11 is 0.702. The number of carbonyl (C=O) groups is 1. The number of piperidine rings is 1. The van der Waals surface area contributed by atoms with E-state index in [0.717, 1.165) is 36.9 Å². The van der Waals surface area contributed by atoms with Gasteiger partial charge in [0.05, 0.1) is 11.6 Å². The predicted octanol–water partition coefficient (Wildman–Crippen LogP) is 3.07. The SMILES string of the molecule is CN(C)CCCc1ccc(S(=O)(=O)N(c2nc(N)c(C(=O)c3c(F)cccc3F)s2)C2CCNCC2)cn1. The molecule has 0 atom stereocenters. The molecule has 0 spiro atoms. The van der Waals surface area contributed by atoms with Crippen LogP contribution < -0.4 is 15.4 Å². The number of nitrogens with one attached hydrogen (secondary N) is 1. The van der Waals surface area contributed by atoms with Crippen molar-refractivity contribution in [2.75, 3.05) is 43.8 Å². The molecular weight excluding hydrogens is 534 g/mol. The largest absolute Gasteiger partial charge is 0.382 e. The van der Waals surface area contributed by atoms with Crippen LogP contribution in [0.1, 0.15) is 40.2 Å². The number of halogens is 2. The van der Waals surface area contributed by atoms with Crippen LogP contribution in [0.25, 0.3) is 0 Å². The molecule has 0 radical (unpaired) electrons. The number of carbonyl (C=O) groups excluding carboxylic acids is 1. The first-order chi connectivity index (χ1) is 18.1. The van der Waals surface area contributed by atoms with Crippen LogP contribution in [0, 0.1) is 11.6 Å². The summed E-state index contributed by atoms with van der Waals surface area (Å²) in [6, 6.07) is 5.83. The number of benzene rings is 1. The molecule has 2 aromatic heterocycles. The topological polar surface area (TPSA) is 122 Å². The lowest BCUT2D eigenvalue weighted by atomic mass is 10.1. The molecule has 0 unspecified atom stereocenters. The number of aromatic nitrogens is 2. The molecule has 9 nitrogen and oxygen atoms in total. The van der Waals surface area contributed by atoms with Crippen molar-refractivity contribution in [3.63, 3.8) is 0 Å². The van der Waals surface area contributed by atoms with Crippen LogP contribution in [0.2, 0.25) is 0 Å². The van der Waals surface area contributed by atoms with Gasteiger partial charge >= 0.3 is 0 Å². The molecule has 0 bridgehead atoms. The van der Waals surface area contributed by atoms with E-state index in [1.165, 1.54) is 16.6 Å². The van der Waals surface area contributed by atoms with Gasteiger partial charge in [-0.15, -0.1) is 0 Å². The molecule has 3 aromatic rings. The molecule has 0 aliphatic carbocycles. The quantitative estimate of drug-likeness (QED) is 0.361. The van der Waals surface area contributed by atoms with Crippen LogP contribution in [0.15, 0.2) is 41.4 Å². The lowest BCUT2D eigenvalue weighted by molar-refractivity contribution is 0.103. The number of sulfonamides is 1. The van der Waals surface area contributed by atoms with Crippen molar-refractivity contribution < 1.29 is 22.0 Å². The maximum Gasteiger partial charge on any atom is 0.267 e. The maximum atomic E-state index is 14.3. The summed E-state index contributed by atoms with van der Waals surface area (Å²) in [6.07, 6.45) is 3.91. The van der Waals surface area contributed by atoms with E-state index in [0.29, 0.717) is 43.7 Å². The molecule has 204 valence electrons. The first-order valence-electron chi connectivity index (χ1n) is 12.2. The molecule has 4 rings (SSSR count). The molecule has 1 fully saturated rings. The summed E-state index contributed by atoms with van der Waals surface area (Å²) in [6.45, 7) is 2.06. The van der Waals surface area contributed by atoms with Gasteiger partial charge in [0.25, 0.3) is 10.0 Å². The fraction of sp³-hybridized carbons (Fsp3) is 0.400. The maximum absolute atomic E-state index is 14.3. The lowest BCUT2D eigenvalue weighted by Gasteiger charge is -2.33. The second-order valence-corrected chi connectivity index (χ2v) is 12.1. The van der Waals surface area contributed by atoms with Crippen LogP contribution in [-0.4, -0.2) is 68.8 Å². The Kier molecular flexibility index (Phi) is 8.71. The number of nitrogens with zero attached hydrogens (tertiary/aromatic N) is 4. The Labute approximate surface area is 224 Å².